The van der Waals surface area contributed by atoms with Gasteiger partial charge in [0, 0.05) is 13.5 Å². The molecule has 12 nitrogen and oxygen atoms in total. The van der Waals surface area contributed by atoms with Gasteiger partial charge in [-0.3, -0.25) is 24.0 Å². The molecule has 166 valence electrons. The van der Waals surface area contributed by atoms with Crippen LogP contribution in [0.25, 0.3) is 0 Å². The van der Waals surface area contributed by atoms with Crippen LogP contribution in [-0.4, -0.2) is 80.2 Å². The number of amides is 5. The normalized spacial score (nSPS) is 12.5. The van der Waals surface area contributed by atoms with Crippen molar-refractivity contribution in [3.63, 3.8) is 0 Å². The third-order valence-electron chi connectivity index (χ3n) is 4.03. The number of rotatable bonds is 15. The predicted molar refractivity (Wildman–Crippen MR) is 106 cm³/mol. The predicted octanol–water partition coefficient (Wildman–Crippen LogP) is -3.49. The van der Waals surface area contributed by atoms with Crippen molar-refractivity contribution in [2.24, 2.45) is 17.2 Å². The van der Waals surface area contributed by atoms with Crippen LogP contribution in [-0.2, 0) is 24.0 Å². The van der Waals surface area contributed by atoms with Crippen molar-refractivity contribution in [3.8, 4) is 0 Å². The lowest BCUT2D eigenvalue weighted by Gasteiger charge is -2.25. The second-order valence-corrected chi connectivity index (χ2v) is 6.66. The zero-order valence-electron chi connectivity index (χ0n) is 17.0. The maximum absolute atomic E-state index is 12.7. The van der Waals surface area contributed by atoms with E-state index in [1.54, 1.807) is 7.05 Å². The number of hydrogen-bond acceptors (Lipinski definition) is 7. The van der Waals surface area contributed by atoms with E-state index in [0.717, 1.165) is 4.90 Å². The average Bonchev–Trinajstić information content (AvgIpc) is 2.63. The molecule has 0 fully saturated rings. The number of unbranched alkanes of at least 4 members (excludes halogenated alkanes) is 1. The quantitative estimate of drug-likeness (QED) is 0.149. The highest BCUT2D eigenvalue weighted by Gasteiger charge is 2.26. The minimum atomic E-state index is -1.07. The summed E-state index contributed by atoms with van der Waals surface area (Å²) in [6.45, 7) is 0.156. The fourth-order valence-electron chi connectivity index (χ4n) is 2.53. The van der Waals surface area contributed by atoms with Gasteiger partial charge in [-0.05, 0) is 39.3 Å². The Hall–Kier alpha value is -2.73. The number of hydrogen-bond donors (Lipinski definition) is 6. The van der Waals surface area contributed by atoms with Crippen molar-refractivity contribution in [1.29, 1.82) is 0 Å². The molecule has 0 unspecified atom stereocenters. The summed E-state index contributed by atoms with van der Waals surface area (Å²) in [6, 6.07) is -1.88. The fourth-order valence-corrected chi connectivity index (χ4v) is 2.53. The molecule has 0 heterocycles. The number of carbonyl (C=O) groups excluding carboxylic acids is 5. The first-order valence-electron chi connectivity index (χ1n) is 9.38. The Morgan fingerprint density at radius 2 is 1.55 bits per heavy atom. The third-order valence-corrected chi connectivity index (χ3v) is 4.03. The van der Waals surface area contributed by atoms with E-state index in [4.69, 9.17) is 17.2 Å². The van der Waals surface area contributed by atoms with Gasteiger partial charge in [-0.15, -0.1) is 0 Å². The van der Waals surface area contributed by atoms with Gasteiger partial charge in [-0.25, -0.2) is 0 Å². The van der Waals surface area contributed by atoms with E-state index in [9.17, 15) is 24.0 Å². The molecule has 5 amide bonds. The summed E-state index contributed by atoms with van der Waals surface area (Å²) in [7, 11) is 3.01. The monoisotopic (exact) mass is 415 g/mol. The lowest BCUT2D eigenvalue weighted by molar-refractivity contribution is -0.138. The van der Waals surface area contributed by atoms with E-state index in [1.165, 1.54) is 7.05 Å². The minimum absolute atomic E-state index is 0.0319. The first kappa shape index (κ1) is 26.3. The summed E-state index contributed by atoms with van der Waals surface area (Å²) in [5, 5.41) is 7.71. The summed E-state index contributed by atoms with van der Waals surface area (Å²) in [5.74, 6) is -2.87. The summed E-state index contributed by atoms with van der Waals surface area (Å²) in [4.78, 5) is 60.1. The van der Waals surface area contributed by atoms with Crippen LogP contribution >= 0.6 is 0 Å². The van der Waals surface area contributed by atoms with Crippen LogP contribution in [0.5, 0.6) is 0 Å². The largest absolute Gasteiger partial charge is 0.370 e. The Balaban J connectivity index is 4.89. The molecular formula is C17H33N7O5. The molecule has 12 heteroatoms. The van der Waals surface area contributed by atoms with Gasteiger partial charge >= 0.3 is 0 Å². The summed E-state index contributed by atoms with van der Waals surface area (Å²) >= 11 is 0. The van der Waals surface area contributed by atoms with Crippen molar-refractivity contribution in [3.05, 3.63) is 0 Å². The number of primary amides is 2. The number of carbonyl (C=O) groups is 5. The van der Waals surface area contributed by atoms with Gasteiger partial charge in [-0.2, -0.15) is 0 Å². The highest BCUT2D eigenvalue weighted by atomic mass is 16.2. The lowest BCUT2D eigenvalue weighted by atomic mass is 10.1. The van der Waals surface area contributed by atoms with Crippen LogP contribution in [0.4, 0.5) is 0 Å². The topological polar surface area (TPSA) is 203 Å². The number of nitrogens with zero attached hydrogens (tertiary/aromatic N) is 1. The molecule has 2 atom stereocenters. The number of nitrogens with one attached hydrogen (secondary N) is 3. The maximum atomic E-state index is 12.7. The summed E-state index contributed by atoms with van der Waals surface area (Å²) in [5.41, 5.74) is 15.7. The zero-order valence-corrected chi connectivity index (χ0v) is 17.0. The highest BCUT2D eigenvalue weighted by molar-refractivity contribution is 5.92. The maximum Gasteiger partial charge on any atom is 0.245 e. The molecule has 0 aromatic rings. The van der Waals surface area contributed by atoms with Gasteiger partial charge in [0.15, 0.2) is 0 Å². The van der Waals surface area contributed by atoms with Crippen molar-refractivity contribution >= 4 is 29.5 Å². The molecule has 0 aliphatic rings. The van der Waals surface area contributed by atoms with Gasteiger partial charge in [-0.1, -0.05) is 0 Å². The molecule has 0 bridgehead atoms. The van der Waals surface area contributed by atoms with Crippen LogP contribution in [0.1, 0.15) is 32.1 Å². The molecule has 29 heavy (non-hydrogen) atoms. The molecule has 0 saturated carbocycles. The van der Waals surface area contributed by atoms with Crippen LogP contribution in [0.15, 0.2) is 0 Å². The standard InChI is InChI=1S/C17H33N7O5/c1-21-9-14(26)23-12(5-3-4-8-18)17(29)24(2)10-15(27)22-11(16(20)28)6-7-13(19)25/h11-12,21H,3-10,18H2,1-2H3,(H2,19,25)(H2,20,28)(H,22,27)(H,23,26)/t11-,12-/m0/s1. The molecule has 9 N–H and O–H groups in total. The second-order valence-electron chi connectivity index (χ2n) is 6.66. The summed E-state index contributed by atoms with van der Waals surface area (Å²) in [6.07, 6.45) is 1.54. The Bertz CT molecular complexity index is 585. The average molecular weight is 415 g/mol. The first-order chi connectivity index (χ1) is 13.6. The van der Waals surface area contributed by atoms with Crippen LogP contribution in [0.3, 0.4) is 0 Å². The molecule has 0 aromatic heterocycles. The zero-order chi connectivity index (χ0) is 22.4. The third kappa shape index (κ3) is 11.7. The fraction of sp³-hybridized carbons (Fsp3) is 0.706. The van der Waals surface area contributed by atoms with Crippen LogP contribution in [0, 0.1) is 0 Å². The molecule has 0 aliphatic carbocycles. The molecule has 0 saturated heterocycles. The van der Waals surface area contributed by atoms with E-state index in [0.29, 0.717) is 25.8 Å². The van der Waals surface area contributed by atoms with Gasteiger partial charge in [0.05, 0.1) is 13.1 Å². The van der Waals surface area contributed by atoms with Crippen molar-refractivity contribution in [2.45, 2.75) is 44.2 Å². The molecular weight excluding hydrogens is 382 g/mol. The van der Waals surface area contributed by atoms with Crippen LogP contribution < -0.4 is 33.2 Å². The highest BCUT2D eigenvalue weighted by Crippen LogP contribution is 2.05. The van der Waals surface area contributed by atoms with E-state index < -0.39 is 35.7 Å². The SMILES string of the molecule is CNCC(=O)N[C@@H](CCCCN)C(=O)N(C)CC(=O)N[C@@H](CCC(N)=O)C(N)=O. The minimum Gasteiger partial charge on any atom is -0.370 e. The molecule has 0 radical (unpaired) electrons. The Morgan fingerprint density at radius 3 is 2.07 bits per heavy atom. The molecule has 0 aliphatic heterocycles. The van der Waals surface area contributed by atoms with E-state index in [2.05, 4.69) is 16.0 Å². The lowest BCUT2D eigenvalue weighted by Crippen LogP contribution is -2.52. The van der Waals surface area contributed by atoms with Gasteiger partial charge in [0.25, 0.3) is 0 Å². The smallest absolute Gasteiger partial charge is 0.245 e. The molecule has 0 aromatic carbocycles. The summed E-state index contributed by atoms with van der Waals surface area (Å²) < 4.78 is 0. The number of nitrogens with two attached hydrogens (primary N) is 3. The Kier molecular flexibility index (Phi) is 12.9. The Morgan fingerprint density at radius 1 is 0.931 bits per heavy atom. The second kappa shape index (κ2) is 14.3. The van der Waals surface area contributed by atoms with Gasteiger partial charge < -0.3 is 38.1 Å². The van der Waals surface area contributed by atoms with E-state index >= 15 is 0 Å². The van der Waals surface area contributed by atoms with Crippen molar-refractivity contribution in [1.82, 2.24) is 20.9 Å². The van der Waals surface area contributed by atoms with Crippen molar-refractivity contribution in [2.75, 3.05) is 33.7 Å². The van der Waals surface area contributed by atoms with E-state index in [1.807, 2.05) is 0 Å². The van der Waals surface area contributed by atoms with Crippen LogP contribution in [0.2, 0.25) is 0 Å². The Labute approximate surface area is 170 Å². The van der Waals surface area contributed by atoms with Gasteiger partial charge in [0.1, 0.15) is 12.1 Å². The molecule has 0 spiro atoms. The van der Waals surface area contributed by atoms with E-state index in [-0.39, 0.29) is 31.8 Å². The number of likely N-dealkylation sites (N-methyl/N-ethyl adjacent to an activating group) is 2. The first-order valence-corrected chi connectivity index (χ1v) is 9.38. The molecule has 0 rings (SSSR count). The van der Waals surface area contributed by atoms with Gasteiger partial charge in [0.2, 0.25) is 29.5 Å². The van der Waals surface area contributed by atoms with Crippen molar-refractivity contribution < 1.29 is 24.0 Å².